The summed E-state index contributed by atoms with van der Waals surface area (Å²) in [7, 11) is 1.83. The molecule has 1 aromatic heterocycles. The van der Waals surface area contributed by atoms with Crippen LogP contribution in [0.4, 0.5) is 11.6 Å². The van der Waals surface area contributed by atoms with Crippen LogP contribution in [-0.4, -0.2) is 40.7 Å². The van der Waals surface area contributed by atoms with Gasteiger partial charge in [0.1, 0.15) is 18.0 Å². The average Bonchev–Trinajstić information content (AvgIpc) is 2.31. The molecule has 1 aliphatic carbocycles. The van der Waals surface area contributed by atoms with Crippen LogP contribution in [0.5, 0.6) is 0 Å². The highest BCUT2D eigenvalue weighted by atomic mass is 16.4. The van der Waals surface area contributed by atoms with E-state index in [-0.39, 0.29) is 6.42 Å². The number of aromatic nitrogens is 2. The summed E-state index contributed by atoms with van der Waals surface area (Å²) in [4.78, 5) is 20.7. The van der Waals surface area contributed by atoms with E-state index in [1.54, 1.807) is 0 Å². The fourth-order valence-corrected chi connectivity index (χ4v) is 1.77. The molecule has 0 radical (unpaired) electrons. The number of anilines is 2. The summed E-state index contributed by atoms with van der Waals surface area (Å²) < 4.78 is 0. The Morgan fingerprint density at radius 3 is 2.94 bits per heavy atom. The first-order chi connectivity index (χ1) is 8.65. The molecule has 0 unspecified atom stereocenters. The maximum Gasteiger partial charge on any atom is 0.305 e. The first-order valence-electron chi connectivity index (χ1n) is 6.16. The molecule has 6 nitrogen and oxygen atoms in total. The Hall–Kier alpha value is -1.85. The molecule has 18 heavy (non-hydrogen) atoms. The van der Waals surface area contributed by atoms with E-state index in [2.05, 4.69) is 15.3 Å². The molecule has 98 valence electrons. The van der Waals surface area contributed by atoms with Crippen LogP contribution in [-0.2, 0) is 4.79 Å². The number of nitrogens with zero attached hydrogens (tertiary/aromatic N) is 3. The fraction of sp³-hybridized carbons (Fsp3) is 0.583. The second kappa shape index (κ2) is 5.66. The second-order valence-corrected chi connectivity index (χ2v) is 4.60. The minimum atomic E-state index is -0.802. The van der Waals surface area contributed by atoms with Crippen LogP contribution in [0.15, 0.2) is 12.4 Å². The van der Waals surface area contributed by atoms with E-state index in [4.69, 9.17) is 5.11 Å². The first kappa shape index (κ1) is 12.6. The van der Waals surface area contributed by atoms with Crippen LogP contribution in [0.3, 0.4) is 0 Å². The monoisotopic (exact) mass is 250 g/mol. The molecule has 2 rings (SSSR count). The van der Waals surface area contributed by atoms with Gasteiger partial charge in [0.2, 0.25) is 0 Å². The summed E-state index contributed by atoms with van der Waals surface area (Å²) in [5.41, 5.74) is 0. The van der Waals surface area contributed by atoms with Crippen molar-refractivity contribution in [1.29, 1.82) is 0 Å². The maximum atomic E-state index is 10.5. The Kier molecular flexibility index (Phi) is 3.96. The third-order valence-electron chi connectivity index (χ3n) is 3.16. The minimum absolute atomic E-state index is 0.103. The van der Waals surface area contributed by atoms with Crippen molar-refractivity contribution >= 4 is 17.6 Å². The Labute approximate surface area is 106 Å². The third-order valence-corrected chi connectivity index (χ3v) is 3.16. The van der Waals surface area contributed by atoms with Crippen LogP contribution < -0.4 is 10.2 Å². The predicted octanol–water partition coefficient (Wildman–Crippen LogP) is 1.35. The van der Waals surface area contributed by atoms with Crippen LogP contribution in [0, 0.1) is 0 Å². The van der Waals surface area contributed by atoms with Crippen molar-refractivity contribution in [3.8, 4) is 0 Å². The number of carboxylic acid groups (broad SMARTS) is 1. The predicted molar refractivity (Wildman–Crippen MR) is 68.8 cm³/mol. The molecular formula is C12H18N4O2. The number of carbonyl (C=O) groups is 1. The van der Waals surface area contributed by atoms with E-state index in [1.165, 1.54) is 25.6 Å². The summed E-state index contributed by atoms with van der Waals surface area (Å²) in [6.07, 6.45) is 5.26. The number of hydrogen-bond acceptors (Lipinski definition) is 5. The third kappa shape index (κ3) is 3.32. The van der Waals surface area contributed by atoms with Gasteiger partial charge in [-0.2, -0.15) is 0 Å². The van der Waals surface area contributed by atoms with Gasteiger partial charge < -0.3 is 15.3 Å². The lowest BCUT2D eigenvalue weighted by Gasteiger charge is -2.27. The van der Waals surface area contributed by atoms with Crippen molar-refractivity contribution in [3.63, 3.8) is 0 Å². The summed E-state index contributed by atoms with van der Waals surface area (Å²) in [6, 6.07) is 2.39. The zero-order chi connectivity index (χ0) is 13.0. The lowest BCUT2D eigenvalue weighted by Crippen LogP contribution is -2.28. The van der Waals surface area contributed by atoms with E-state index >= 15 is 0 Å². The number of carboxylic acids is 1. The van der Waals surface area contributed by atoms with Gasteiger partial charge in [-0.3, -0.25) is 4.79 Å². The van der Waals surface area contributed by atoms with Gasteiger partial charge in [0.25, 0.3) is 0 Å². The van der Waals surface area contributed by atoms with E-state index in [0.717, 1.165) is 11.6 Å². The minimum Gasteiger partial charge on any atom is -0.481 e. The van der Waals surface area contributed by atoms with Gasteiger partial charge in [-0.15, -0.1) is 0 Å². The van der Waals surface area contributed by atoms with E-state index in [0.29, 0.717) is 12.6 Å². The maximum absolute atomic E-state index is 10.5. The van der Waals surface area contributed by atoms with Crippen molar-refractivity contribution < 1.29 is 9.90 Å². The molecule has 1 aliphatic rings. The van der Waals surface area contributed by atoms with Gasteiger partial charge in [0.15, 0.2) is 0 Å². The highest BCUT2D eigenvalue weighted by molar-refractivity contribution is 5.67. The van der Waals surface area contributed by atoms with Crippen LogP contribution in [0.2, 0.25) is 0 Å². The van der Waals surface area contributed by atoms with Crippen molar-refractivity contribution in [1.82, 2.24) is 9.97 Å². The van der Waals surface area contributed by atoms with Crippen molar-refractivity contribution in [3.05, 3.63) is 12.4 Å². The molecule has 0 atom stereocenters. The molecule has 1 fully saturated rings. The summed E-state index contributed by atoms with van der Waals surface area (Å²) in [6.45, 7) is 0.440. The molecule has 6 heteroatoms. The van der Waals surface area contributed by atoms with Gasteiger partial charge in [0, 0.05) is 25.7 Å². The topological polar surface area (TPSA) is 78.4 Å². The lowest BCUT2D eigenvalue weighted by atomic mass is 9.93. The van der Waals surface area contributed by atoms with Crippen LogP contribution >= 0.6 is 0 Å². The summed E-state index contributed by atoms with van der Waals surface area (Å²) in [5.74, 6) is 0.753. The normalized spacial score (nSPS) is 14.9. The van der Waals surface area contributed by atoms with E-state index in [1.807, 2.05) is 18.0 Å². The van der Waals surface area contributed by atoms with Crippen LogP contribution in [0.25, 0.3) is 0 Å². The zero-order valence-corrected chi connectivity index (χ0v) is 10.5. The van der Waals surface area contributed by atoms with Gasteiger partial charge in [-0.05, 0) is 19.3 Å². The van der Waals surface area contributed by atoms with E-state index in [9.17, 15) is 4.79 Å². The molecule has 0 amide bonds. The molecule has 0 saturated heterocycles. The SMILES string of the molecule is CN(CCC(=O)O)c1cc(NC2CCC2)ncn1. The Balaban J connectivity index is 1.94. The smallest absolute Gasteiger partial charge is 0.305 e. The summed E-state index contributed by atoms with van der Waals surface area (Å²) in [5, 5.41) is 12.0. The van der Waals surface area contributed by atoms with Crippen molar-refractivity contribution in [2.24, 2.45) is 0 Å². The Morgan fingerprint density at radius 2 is 2.33 bits per heavy atom. The number of rotatable bonds is 6. The van der Waals surface area contributed by atoms with Gasteiger partial charge in [-0.25, -0.2) is 9.97 Å². The van der Waals surface area contributed by atoms with Crippen molar-refractivity contribution in [2.75, 3.05) is 23.8 Å². The zero-order valence-electron chi connectivity index (χ0n) is 10.5. The molecular weight excluding hydrogens is 232 g/mol. The Bertz CT molecular complexity index is 420. The number of aliphatic carboxylic acids is 1. The lowest BCUT2D eigenvalue weighted by molar-refractivity contribution is -0.136. The molecule has 2 N–H and O–H groups in total. The highest BCUT2D eigenvalue weighted by Crippen LogP contribution is 2.23. The molecule has 0 aromatic carbocycles. The highest BCUT2D eigenvalue weighted by Gasteiger charge is 2.17. The molecule has 0 spiro atoms. The number of hydrogen-bond donors (Lipinski definition) is 2. The average molecular weight is 250 g/mol. The largest absolute Gasteiger partial charge is 0.481 e. The quantitative estimate of drug-likeness (QED) is 0.793. The fourth-order valence-electron chi connectivity index (χ4n) is 1.77. The van der Waals surface area contributed by atoms with Gasteiger partial charge in [0.05, 0.1) is 6.42 Å². The standard InChI is InChI=1S/C12H18N4O2/c1-16(6-5-12(17)18)11-7-10(13-8-14-11)15-9-3-2-4-9/h7-9H,2-6H2,1H3,(H,17,18)(H,13,14,15). The van der Waals surface area contributed by atoms with Gasteiger partial charge in [-0.1, -0.05) is 0 Å². The molecule has 0 bridgehead atoms. The molecule has 1 aromatic rings. The Morgan fingerprint density at radius 1 is 1.56 bits per heavy atom. The number of nitrogens with one attached hydrogen (secondary N) is 1. The first-order valence-corrected chi connectivity index (χ1v) is 6.16. The van der Waals surface area contributed by atoms with Crippen LogP contribution in [0.1, 0.15) is 25.7 Å². The second-order valence-electron chi connectivity index (χ2n) is 4.60. The molecule has 0 aliphatic heterocycles. The van der Waals surface area contributed by atoms with Gasteiger partial charge >= 0.3 is 5.97 Å². The molecule has 1 heterocycles. The molecule has 1 saturated carbocycles. The van der Waals surface area contributed by atoms with E-state index < -0.39 is 5.97 Å². The van der Waals surface area contributed by atoms with Crippen molar-refractivity contribution in [2.45, 2.75) is 31.7 Å². The summed E-state index contributed by atoms with van der Waals surface area (Å²) >= 11 is 0.